The normalized spacial score (nSPS) is 17.2. The third-order valence-corrected chi connectivity index (χ3v) is 5.18. The van der Waals surface area contributed by atoms with Crippen LogP contribution in [0, 0.1) is 0 Å². The van der Waals surface area contributed by atoms with Gasteiger partial charge in [-0.15, -0.1) is 0 Å². The van der Waals surface area contributed by atoms with Crippen LogP contribution in [0.25, 0.3) is 0 Å². The molecule has 1 unspecified atom stereocenters. The summed E-state index contributed by atoms with van der Waals surface area (Å²) in [6.45, 7) is 5.89. The van der Waals surface area contributed by atoms with Crippen molar-refractivity contribution in [3.05, 3.63) is 52.6 Å². The summed E-state index contributed by atoms with van der Waals surface area (Å²) in [5, 5.41) is 10.2. The Bertz CT molecular complexity index is 1010. The van der Waals surface area contributed by atoms with Crippen LogP contribution in [0.3, 0.4) is 0 Å². The van der Waals surface area contributed by atoms with Gasteiger partial charge in [0.1, 0.15) is 5.82 Å². The van der Waals surface area contributed by atoms with Gasteiger partial charge >= 0.3 is 12.4 Å². The van der Waals surface area contributed by atoms with Gasteiger partial charge in [0, 0.05) is 31.4 Å². The summed E-state index contributed by atoms with van der Waals surface area (Å²) < 4.78 is 83.9. The topological polar surface area (TPSA) is 81.7 Å². The first-order valence-electron chi connectivity index (χ1n) is 10.7. The Labute approximate surface area is 197 Å². The summed E-state index contributed by atoms with van der Waals surface area (Å²) in [4.78, 5) is 22.4. The smallest absolute Gasteiger partial charge is 0.356 e. The zero-order chi connectivity index (χ0) is 26.2. The Morgan fingerprint density at radius 3 is 2.17 bits per heavy atom. The van der Waals surface area contributed by atoms with Crippen molar-refractivity contribution in [2.24, 2.45) is 0 Å². The molecule has 0 spiro atoms. The van der Waals surface area contributed by atoms with Crippen LogP contribution in [-0.4, -0.2) is 62.4 Å². The number of alkyl halides is 6. The van der Waals surface area contributed by atoms with Crippen molar-refractivity contribution >= 4 is 5.91 Å². The van der Waals surface area contributed by atoms with Gasteiger partial charge in [0.15, 0.2) is 0 Å². The fraction of sp³-hybridized carbons (Fsp3) is 0.545. The fourth-order valence-corrected chi connectivity index (χ4v) is 3.57. The number of aliphatic hydroxyl groups excluding tert-OH is 1. The fourth-order valence-electron chi connectivity index (χ4n) is 3.57. The molecule has 0 saturated carbocycles. The average Bonchev–Trinajstić information content (AvgIpc) is 3.13. The number of aromatic nitrogens is 2. The van der Waals surface area contributed by atoms with E-state index in [-0.39, 0.29) is 43.6 Å². The highest BCUT2D eigenvalue weighted by Gasteiger charge is 2.37. The zero-order valence-corrected chi connectivity index (χ0v) is 19.3. The van der Waals surface area contributed by atoms with E-state index in [1.807, 2.05) is 0 Å². The predicted octanol–water partition coefficient (Wildman–Crippen LogP) is 3.77. The molecule has 0 bridgehead atoms. The molecule has 1 aromatic carbocycles. The molecule has 7 nitrogen and oxygen atoms in total. The molecule has 0 aliphatic carbocycles. The van der Waals surface area contributed by atoms with Crippen molar-refractivity contribution in [2.75, 3.05) is 19.6 Å². The number of H-pyrrole nitrogens is 1. The van der Waals surface area contributed by atoms with Crippen molar-refractivity contribution in [3.63, 3.8) is 0 Å². The summed E-state index contributed by atoms with van der Waals surface area (Å²) in [5.74, 6) is 0.0368. The number of carbonyl (C=O) groups excluding carboxylic acids is 1. The number of ether oxygens (including phenoxy) is 1. The van der Waals surface area contributed by atoms with Gasteiger partial charge in [-0.3, -0.25) is 4.79 Å². The van der Waals surface area contributed by atoms with E-state index in [2.05, 4.69) is 9.97 Å². The molecule has 2 heterocycles. The molecule has 0 radical (unpaired) electrons. The number of hydrogen-bond donors (Lipinski definition) is 2. The second-order valence-corrected chi connectivity index (χ2v) is 9.29. The summed E-state index contributed by atoms with van der Waals surface area (Å²) in [6.07, 6.45) is -10.0. The third-order valence-electron chi connectivity index (χ3n) is 5.18. The molecule has 1 saturated heterocycles. The number of piperazine rings is 1. The average molecular weight is 508 g/mol. The molecular weight excluding hydrogens is 482 g/mol. The first-order valence-corrected chi connectivity index (χ1v) is 10.7. The molecule has 13 heteroatoms. The number of amides is 1. The lowest BCUT2D eigenvalue weighted by Crippen LogP contribution is -2.54. The van der Waals surface area contributed by atoms with Crippen LogP contribution in [0.2, 0.25) is 0 Å². The van der Waals surface area contributed by atoms with E-state index in [4.69, 9.17) is 4.74 Å². The van der Waals surface area contributed by atoms with Gasteiger partial charge in [-0.05, 0) is 44.5 Å². The monoisotopic (exact) mass is 508 g/mol. The van der Waals surface area contributed by atoms with Gasteiger partial charge in [0.05, 0.1) is 29.8 Å². The van der Waals surface area contributed by atoms with Crippen LogP contribution in [0.15, 0.2) is 24.4 Å². The number of rotatable bonds is 6. The first-order chi connectivity index (χ1) is 16.0. The van der Waals surface area contributed by atoms with Crippen molar-refractivity contribution in [3.8, 4) is 0 Å². The summed E-state index contributed by atoms with van der Waals surface area (Å²) >= 11 is 0. The highest BCUT2D eigenvalue weighted by Crippen LogP contribution is 2.36. The van der Waals surface area contributed by atoms with E-state index in [9.17, 15) is 36.2 Å². The SMILES string of the molecule is CC(C)(C)OC(O)N1CCN(Cc2ncc(Cc3cc(C(F)(F)F)cc(C(F)(F)F)c3)[nH]2)C(=O)C1. The van der Waals surface area contributed by atoms with Crippen LogP contribution in [0.5, 0.6) is 0 Å². The van der Waals surface area contributed by atoms with Gasteiger partial charge in [-0.1, -0.05) is 0 Å². The molecule has 1 atom stereocenters. The van der Waals surface area contributed by atoms with Crippen molar-refractivity contribution in [2.45, 2.75) is 58.1 Å². The van der Waals surface area contributed by atoms with Crippen LogP contribution >= 0.6 is 0 Å². The lowest BCUT2D eigenvalue weighted by atomic mass is 10.0. The van der Waals surface area contributed by atoms with Gasteiger partial charge in [0.25, 0.3) is 0 Å². The van der Waals surface area contributed by atoms with E-state index in [0.717, 1.165) is 0 Å². The molecule has 194 valence electrons. The van der Waals surface area contributed by atoms with E-state index in [1.165, 1.54) is 16.0 Å². The van der Waals surface area contributed by atoms with Crippen molar-refractivity contribution in [1.82, 2.24) is 19.8 Å². The van der Waals surface area contributed by atoms with E-state index >= 15 is 0 Å². The predicted molar refractivity (Wildman–Crippen MR) is 112 cm³/mol. The maximum absolute atomic E-state index is 13.1. The highest BCUT2D eigenvalue weighted by molar-refractivity contribution is 5.78. The molecule has 35 heavy (non-hydrogen) atoms. The minimum absolute atomic E-state index is 0.0687. The Balaban J connectivity index is 1.66. The molecule has 2 N–H and O–H groups in total. The van der Waals surface area contributed by atoms with Gasteiger partial charge in [-0.25, -0.2) is 9.88 Å². The van der Waals surface area contributed by atoms with Gasteiger partial charge in [0.2, 0.25) is 12.3 Å². The molecule has 1 fully saturated rings. The summed E-state index contributed by atoms with van der Waals surface area (Å²) in [6, 6.07) is 1.42. The third kappa shape index (κ3) is 7.42. The molecule has 1 aliphatic rings. The molecule has 1 aliphatic heterocycles. The maximum Gasteiger partial charge on any atom is 0.416 e. The van der Waals surface area contributed by atoms with E-state index < -0.39 is 35.5 Å². The van der Waals surface area contributed by atoms with Crippen molar-refractivity contribution < 1.29 is 41.0 Å². The number of nitrogens with zero attached hydrogens (tertiary/aromatic N) is 3. The van der Waals surface area contributed by atoms with Crippen molar-refractivity contribution in [1.29, 1.82) is 0 Å². The number of hydrogen-bond acceptors (Lipinski definition) is 5. The maximum atomic E-state index is 13.1. The van der Waals surface area contributed by atoms with E-state index in [1.54, 1.807) is 20.8 Å². The minimum Gasteiger partial charge on any atom is -0.356 e. The number of aliphatic hydroxyl groups is 1. The Kier molecular flexibility index (Phi) is 7.53. The van der Waals surface area contributed by atoms with Gasteiger partial charge < -0.3 is 19.7 Å². The number of benzene rings is 1. The van der Waals surface area contributed by atoms with Crippen LogP contribution in [-0.2, 0) is 34.8 Å². The molecule has 1 aromatic heterocycles. The largest absolute Gasteiger partial charge is 0.416 e. The second kappa shape index (κ2) is 9.78. The highest BCUT2D eigenvalue weighted by atomic mass is 19.4. The van der Waals surface area contributed by atoms with E-state index in [0.29, 0.717) is 30.2 Å². The quantitative estimate of drug-likeness (QED) is 0.459. The Hall–Kier alpha value is -2.64. The number of imidazole rings is 1. The lowest BCUT2D eigenvalue weighted by Gasteiger charge is -2.38. The Morgan fingerprint density at radius 2 is 1.66 bits per heavy atom. The summed E-state index contributed by atoms with van der Waals surface area (Å²) in [7, 11) is 0. The first kappa shape index (κ1) is 27.0. The molecule has 3 rings (SSSR count). The molecule has 2 aromatic rings. The Morgan fingerprint density at radius 1 is 1.06 bits per heavy atom. The number of carbonyl (C=O) groups is 1. The summed E-state index contributed by atoms with van der Waals surface area (Å²) in [5.41, 5.74) is -3.26. The molecule has 1 amide bonds. The number of nitrogens with one attached hydrogen (secondary N) is 1. The standard InChI is InChI=1S/C22H26F6N4O3/c1-20(2,3)35-19(34)32-5-4-31(18(33)12-32)11-17-29-10-16(30-17)8-13-6-14(21(23,24)25)9-15(7-13)22(26,27)28/h6-7,9-10,19,34H,4-5,8,11-12H2,1-3H3,(H,29,30). The van der Waals surface area contributed by atoms with Gasteiger partial charge in [-0.2, -0.15) is 26.3 Å². The number of aromatic amines is 1. The van der Waals surface area contributed by atoms with Crippen LogP contribution in [0.4, 0.5) is 26.3 Å². The van der Waals surface area contributed by atoms with Crippen LogP contribution < -0.4 is 0 Å². The lowest BCUT2D eigenvalue weighted by molar-refractivity contribution is -0.243. The zero-order valence-electron chi connectivity index (χ0n) is 19.3. The van der Waals surface area contributed by atoms with Crippen LogP contribution in [0.1, 0.15) is 49.0 Å². The number of halogens is 6. The second-order valence-electron chi connectivity index (χ2n) is 9.29. The minimum atomic E-state index is -4.93. The molecular formula is C22H26F6N4O3.